The number of ether oxygens (including phenoxy) is 1. The van der Waals surface area contributed by atoms with Crippen molar-refractivity contribution in [2.45, 2.75) is 12.4 Å². The fraction of sp³-hybridized carbons (Fsp3) is 0.200. The van der Waals surface area contributed by atoms with Gasteiger partial charge in [0.05, 0.1) is 6.04 Å². The third-order valence-electron chi connectivity index (χ3n) is 2.95. The third kappa shape index (κ3) is 4.22. The summed E-state index contributed by atoms with van der Waals surface area (Å²) in [4.78, 5) is 0. The average molecular weight is 360 g/mol. The van der Waals surface area contributed by atoms with Gasteiger partial charge >= 0.3 is 6.36 Å². The van der Waals surface area contributed by atoms with Crippen LogP contribution in [0, 0.1) is 0 Å². The molecule has 0 aliphatic heterocycles. The molecule has 21 heavy (non-hydrogen) atoms. The zero-order valence-corrected chi connectivity index (χ0v) is 12.7. The van der Waals surface area contributed by atoms with Gasteiger partial charge in [-0.05, 0) is 30.8 Å². The van der Waals surface area contributed by atoms with Gasteiger partial charge < -0.3 is 10.1 Å². The van der Waals surface area contributed by atoms with Crippen LogP contribution in [0.3, 0.4) is 0 Å². The summed E-state index contributed by atoms with van der Waals surface area (Å²) in [7, 11) is 1.69. The van der Waals surface area contributed by atoms with Crippen molar-refractivity contribution in [2.24, 2.45) is 0 Å². The summed E-state index contributed by atoms with van der Waals surface area (Å²) in [6.07, 6.45) is -4.71. The molecule has 0 aliphatic carbocycles. The summed E-state index contributed by atoms with van der Waals surface area (Å²) in [5.74, 6) is -0.202. The molecule has 112 valence electrons. The second-order valence-electron chi connectivity index (χ2n) is 4.36. The Morgan fingerprint density at radius 2 is 1.67 bits per heavy atom. The standard InChI is InChI=1S/C15H13BrF3NO/c1-20-14(10-6-8-11(16)9-7-10)12-4-2-3-5-13(12)21-15(17,18)19/h2-9,14,20H,1H3. The molecule has 6 heteroatoms. The number of rotatable bonds is 4. The van der Waals surface area contributed by atoms with E-state index in [4.69, 9.17) is 0 Å². The van der Waals surface area contributed by atoms with Crippen molar-refractivity contribution in [3.8, 4) is 5.75 Å². The molecule has 0 bridgehead atoms. The van der Waals surface area contributed by atoms with Crippen LogP contribution in [0.2, 0.25) is 0 Å². The van der Waals surface area contributed by atoms with E-state index in [0.717, 1.165) is 10.0 Å². The molecule has 0 aliphatic rings. The van der Waals surface area contributed by atoms with Gasteiger partial charge in [0.2, 0.25) is 0 Å². The van der Waals surface area contributed by atoms with Crippen molar-refractivity contribution in [1.82, 2.24) is 5.32 Å². The predicted octanol–water partition coefficient (Wildman–Crippen LogP) is 4.66. The number of nitrogens with one attached hydrogen (secondary N) is 1. The summed E-state index contributed by atoms with van der Waals surface area (Å²) >= 11 is 3.33. The maximum absolute atomic E-state index is 12.5. The number of alkyl halides is 3. The highest BCUT2D eigenvalue weighted by Crippen LogP contribution is 2.33. The van der Waals surface area contributed by atoms with Crippen LogP contribution >= 0.6 is 15.9 Å². The average Bonchev–Trinajstić information content (AvgIpc) is 2.42. The molecule has 0 radical (unpaired) electrons. The highest BCUT2D eigenvalue weighted by Gasteiger charge is 2.33. The number of hydrogen-bond donors (Lipinski definition) is 1. The van der Waals surface area contributed by atoms with E-state index < -0.39 is 12.4 Å². The molecule has 2 rings (SSSR count). The van der Waals surface area contributed by atoms with E-state index in [9.17, 15) is 13.2 Å². The molecule has 1 atom stereocenters. The van der Waals surface area contributed by atoms with Crippen LogP contribution in [0.1, 0.15) is 17.2 Å². The van der Waals surface area contributed by atoms with Crippen LogP contribution in [0.25, 0.3) is 0 Å². The van der Waals surface area contributed by atoms with Gasteiger partial charge in [-0.1, -0.05) is 46.3 Å². The summed E-state index contributed by atoms with van der Waals surface area (Å²) in [6, 6.07) is 13.1. The van der Waals surface area contributed by atoms with Crippen LogP contribution < -0.4 is 10.1 Å². The first-order valence-electron chi connectivity index (χ1n) is 6.18. The minimum Gasteiger partial charge on any atom is -0.405 e. The smallest absolute Gasteiger partial charge is 0.405 e. The van der Waals surface area contributed by atoms with Crippen LogP contribution in [0.4, 0.5) is 13.2 Å². The third-order valence-corrected chi connectivity index (χ3v) is 3.48. The number of benzene rings is 2. The van der Waals surface area contributed by atoms with Crippen LogP contribution in [0.15, 0.2) is 53.0 Å². The van der Waals surface area contributed by atoms with Crippen LogP contribution in [0.5, 0.6) is 5.75 Å². The minimum atomic E-state index is -4.71. The zero-order chi connectivity index (χ0) is 15.5. The van der Waals surface area contributed by atoms with Gasteiger partial charge in [0, 0.05) is 10.0 Å². The molecule has 1 unspecified atom stereocenters. The highest BCUT2D eigenvalue weighted by molar-refractivity contribution is 9.10. The van der Waals surface area contributed by atoms with Gasteiger partial charge in [0.25, 0.3) is 0 Å². The van der Waals surface area contributed by atoms with Gasteiger partial charge in [-0.2, -0.15) is 0 Å². The SMILES string of the molecule is CNC(c1ccc(Br)cc1)c1ccccc1OC(F)(F)F. The molecule has 0 amide bonds. The van der Waals surface area contributed by atoms with Crippen molar-refractivity contribution in [2.75, 3.05) is 7.05 Å². The van der Waals surface area contributed by atoms with Crippen molar-refractivity contribution in [3.05, 3.63) is 64.1 Å². The molecule has 0 aromatic heterocycles. The van der Waals surface area contributed by atoms with E-state index >= 15 is 0 Å². The Hall–Kier alpha value is -1.53. The Labute approximate surface area is 129 Å². The van der Waals surface area contributed by atoms with E-state index in [1.807, 2.05) is 24.3 Å². The monoisotopic (exact) mass is 359 g/mol. The Morgan fingerprint density at radius 1 is 1.05 bits per heavy atom. The Morgan fingerprint density at radius 3 is 2.24 bits per heavy atom. The lowest BCUT2D eigenvalue weighted by Gasteiger charge is -2.21. The molecule has 0 heterocycles. The van der Waals surface area contributed by atoms with Crippen LogP contribution in [-0.4, -0.2) is 13.4 Å². The van der Waals surface area contributed by atoms with E-state index in [0.29, 0.717) is 5.56 Å². The molecule has 0 fully saturated rings. The molecule has 2 aromatic rings. The summed E-state index contributed by atoms with van der Waals surface area (Å²) in [6.45, 7) is 0. The van der Waals surface area contributed by atoms with Gasteiger partial charge in [-0.25, -0.2) is 0 Å². The van der Waals surface area contributed by atoms with Crippen molar-refractivity contribution in [3.63, 3.8) is 0 Å². The predicted molar refractivity (Wildman–Crippen MR) is 78.2 cm³/mol. The first-order valence-corrected chi connectivity index (χ1v) is 6.97. The Kier molecular flexibility index (Phi) is 4.90. The fourth-order valence-corrected chi connectivity index (χ4v) is 2.36. The lowest BCUT2D eigenvalue weighted by atomic mass is 9.98. The largest absolute Gasteiger partial charge is 0.573 e. The van der Waals surface area contributed by atoms with E-state index in [-0.39, 0.29) is 5.75 Å². The van der Waals surface area contributed by atoms with Gasteiger partial charge in [0.1, 0.15) is 5.75 Å². The molecule has 2 aromatic carbocycles. The molecule has 0 spiro atoms. The first kappa shape index (κ1) is 15.9. The molecule has 0 saturated carbocycles. The molecular weight excluding hydrogens is 347 g/mol. The number of para-hydroxylation sites is 1. The van der Waals surface area contributed by atoms with Gasteiger partial charge in [-0.3, -0.25) is 0 Å². The fourth-order valence-electron chi connectivity index (χ4n) is 2.09. The van der Waals surface area contributed by atoms with Crippen molar-refractivity contribution >= 4 is 15.9 Å². The maximum Gasteiger partial charge on any atom is 0.573 e. The summed E-state index contributed by atoms with van der Waals surface area (Å²) in [5.41, 5.74) is 1.28. The van der Waals surface area contributed by atoms with E-state index in [1.165, 1.54) is 12.1 Å². The molecule has 2 nitrogen and oxygen atoms in total. The van der Waals surface area contributed by atoms with E-state index in [1.54, 1.807) is 19.2 Å². The Bertz CT molecular complexity index is 599. The van der Waals surface area contributed by atoms with Gasteiger partial charge in [-0.15, -0.1) is 13.2 Å². The number of hydrogen-bond acceptors (Lipinski definition) is 2. The van der Waals surface area contributed by atoms with E-state index in [2.05, 4.69) is 26.0 Å². The summed E-state index contributed by atoms with van der Waals surface area (Å²) < 4.78 is 42.5. The lowest BCUT2D eigenvalue weighted by Crippen LogP contribution is -2.22. The molecule has 1 N–H and O–H groups in total. The topological polar surface area (TPSA) is 21.3 Å². The van der Waals surface area contributed by atoms with Crippen molar-refractivity contribution in [1.29, 1.82) is 0 Å². The van der Waals surface area contributed by atoms with Gasteiger partial charge in [0.15, 0.2) is 0 Å². The molecular formula is C15H13BrF3NO. The first-order chi connectivity index (χ1) is 9.90. The second-order valence-corrected chi connectivity index (χ2v) is 5.27. The number of halogens is 4. The normalized spacial score (nSPS) is 13.0. The zero-order valence-electron chi connectivity index (χ0n) is 11.1. The van der Waals surface area contributed by atoms with Crippen LogP contribution in [-0.2, 0) is 0 Å². The molecule has 0 saturated heterocycles. The highest BCUT2D eigenvalue weighted by atomic mass is 79.9. The minimum absolute atomic E-state index is 0.202. The Balaban J connectivity index is 2.40. The van der Waals surface area contributed by atoms with Crippen molar-refractivity contribution < 1.29 is 17.9 Å². The maximum atomic E-state index is 12.5. The second kappa shape index (κ2) is 6.49. The lowest BCUT2D eigenvalue weighted by molar-refractivity contribution is -0.275. The summed E-state index contributed by atoms with van der Waals surface area (Å²) in [5, 5.41) is 3.02. The quantitative estimate of drug-likeness (QED) is 0.857.